The molecule has 0 aliphatic heterocycles. The number of aryl methyl sites for hydroxylation is 1. The third-order valence-electron chi connectivity index (χ3n) is 3.38. The highest BCUT2D eigenvalue weighted by molar-refractivity contribution is 7.99. The van der Waals surface area contributed by atoms with Crippen LogP contribution in [-0.4, -0.2) is 16.6 Å². The highest BCUT2D eigenvalue weighted by Gasteiger charge is 2.05. The van der Waals surface area contributed by atoms with Crippen LogP contribution in [0.15, 0.2) is 78.0 Å². The van der Waals surface area contributed by atoms with Crippen LogP contribution in [0.3, 0.4) is 0 Å². The van der Waals surface area contributed by atoms with Gasteiger partial charge in [-0.3, -0.25) is 4.79 Å². The molecule has 2 aromatic carbocycles. The zero-order valence-corrected chi connectivity index (χ0v) is 14.6. The van der Waals surface area contributed by atoms with Crippen molar-refractivity contribution in [2.24, 2.45) is 0 Å². The first-order valence-electron chi connectivity index (χ1n) is 7.87. The number of hydrogen-bond donors (Lipinski definition) is 1. The van der Waals surface area contributed by atoms with E-state index < -0.39 is 0 Å². The molecule has 0 saturated carbocycles. The molecule has 0 radical (unpaired) electrons. The molecule has 0 aliphatic rings. The minimum Gasteiger partial charge on any atom is -0.457 e. The first kappa shape index (κ1) is 17.0. The second-order valence-corrected chi connectivity index (χ2v) is 6.44. The molecule has 0 unspecified atom stereocenters. The van der Waals surface area contributed by atoms with E-state index in [-0.39, 0.29) is 5.91 Å². The number of nitrogens with zero attached hydrogens (tertiary/aromatic N) is 1. The molecule has 1 aromatic heterocycles. The summed E-state index contributed by atoms with van der Waals surface area (Å²) in [6.45, 7) is 2.04. The zero-order chi connectivity index (χ0) is 17.5. The predicted octanol–water partition coefficient (Wildman–Crippen LogP) is 4.91. The molecule has 4 nitrogen and oxygen atoms in total. The van der Waals surface area contributed by atoms with Crippen LogP contribution in [0.5, 0.6) is 11.5 Å². The van der Waals surface area contributed by atoms with E-state index in [1.165, 1.54) is 17.3 Å². The molecule has 0 spiro atoms. The maximum atomic E-state index is 12.0. The third-order valence-corrected chi connectivity index (χ3v) is 4.33. The van der Waals surface area contributed by atoms with Crippen LogP contribution < -0.4 is 10.1 Å². The Hall–Kier alpha value is -2.79. The van der Waals surface area contributed by atoms with E-state index in [2.05, 4.69) is 10.3 Å². The Balaban J connectivity index is 1.51. The summed E-state index contributed by atoms with van der Waals surface area (Å²) in [4.78, 5) is 16.2. The van der Waals surface area contributed by atoms with Gasteiger partial charge in [0, 0.05) is 11.9 Å². The van der Waals surface area contributed by atoms with Gasteiger partial charge in [-0.25, -0.2) is 4.98 Å². The SMILES string of the molecule is Cc1ccc(Oc2ccc(NC(=O)CSc3ccccn3)cc2)cc1. The van der Waals surface area contributed by atoms with Crippen molar-refractivity contribution in [1.82, 2.24) is 4.98 Å². The van der Waals surface area contributed by atoms with Gasteiger partial charge in [-0.2, -0.15) is 0 Å². The second kappa shape index (κ2) is 8.35. The number of aromatic nitrogens is 1. The summed E-state index contributed by atoms with van der Waals surface area (Å²) >= 11 is 1.41. The lowest BCUT2D eigenvalue weighted by molar-refractivity contribution is -0.113. The highest BCUT2D eigenvalue weighted by atomic mass is 32.2. The van der Waals surface area contributed by atoms with Crippen molar-refractivity contribution in [3.63, 3.8) is 0 Å². The first-order chi connectivity index (χ1) is 12.2. The van der Waals surface area contributed by atoms with Crippen molar-refractivity contribution in [2.75, 3.05) is 11.1 Å². The number of anilines is 1. The molecule has 1 N–H and O–H groups in total. The second-order valence-electron chi connectivity index (χ2n) is 5.44. The van der Waals surface area contributed by atoms with E-state index in [1.54, 1.807) is 6.20 Å². The maximum absolute atomic E-state index is 12.0. The molecule has 0 atom stereocenters. The number of nitrogens with one attached hydrogen (secondary N) is 1. The number of rotatable bonds is 6. The van der Waals surface area contributed by atoms with Gasteiger partial charge in [0.2, 0.25) is 5.91 Å². The van der Waals surface area contributed by atoms with Crippen molar-refractivity contribution >= 4 is 23.4 Å². The molecule has 5 heteroatoms. The topological polar surface area (TPSA) is 51.2 Å². The van der Waals surface area contributed by atoms with Crippen LogP contribution in [0, 0.1) is 6.92 Å². The Morgan fingerprint density at radius 3 is 2.32 bits per heavy atom. The highest BCUT2D eigenvalue weighted by Crippen LogP contribution is 2.23. The third kappa shape index (κ3) is 5.36. The average Bonchev–Trinajstić information content (AvgIpc) is 2.64. The summed E-state index contributed by atoms with van der Waals surface area (Å²) in [7, 11) is 0. The van der Waals surface area contributed by atoms with Crippen LogP contribution in [0.1, 0.15) is 5.56 Å². The Bertz CT molecular complexity index is 819. The van der Waals surface area contributed by atoms with Gasteiger partial charge >= 0.3 is 0 Å². The first-order valence-corrected chi connectivity index (χ1v) is 8.86. The van der Waals surface area contributed by atoms with E-state index >= 15 is 0 Å². The average molecular weight is 350 g/mol. The van der Waals surface area contributed by atoms with E-state index in [1.807, 2.05) is 73.7 Å². The van der Waals surface area contributed by atoms with Crippen molar-refractivity contribution in [1.29, 1.82) is 0 Å². The molecule has 0 aliphatic carbocycles. The van der Waals surface area contributed by atoms with Crippen molar-refractivity contribution < 1.29 is 9.53 Å². The summed E-state index contributed by atoms with van der Waals surface area (Å²) in [6.07, 6.45) is 1.72. The molecule has 126 valence electrons. The smallest absolute Gasteiger partial charge is 0.234 e. The lowest BCUT2D eigenvalue weighted by Crippen LogP contribution is -2.13. The number of carbonyl (C=O) groups is 1. The van der Waals surface area contributed by atoms with Crippen LogP contribution in [0.2, 0.25) is 0 Å². The normalized spacial score (nSPS) is 10.3. The van der Waals surface area contributed by atoms with Crippen molar-refractivity contribution in [3.05, 3.63) is 78.5 Å². The number of carbonyl (C=O) groups excluding carboxylic acids is 1. The van der Waals surface area contributed by atoms with Crippen LogP contribution in [-0.2, 0) is 4.79 Å². The Labute approximate surface area is 151 Å². The monoisotopic (exact) mass is 350 g/mol. The van der Waals surface area contributed by atoms with Gasteiger partial charge in [0.1, 0.15) is 11.5 Å². The fourth-order valence-electron chi connectivity index (χ4n) is 2.12. The number of pyridine rings is 1. The molecule has 0 bridgehead atoms. The van der Waals surface area contributed by atoms with Gasteiger partial charge in [0.25, 0.3) is 0 Å². The van der Waals surface area contributed by atoms with E-state index in [0.29, 0.717) is 5.75 Å². The number of amides is 1. The van der Waals surface area contributed by atoms with Crippen LogP contribution in [0.4, 0.5) is 5.69 Å². The standard InChI is InChI=1S/C20H18N2O2S/c1-15-5-9-17(10-6-15)24-18-11-7-16(8-12-18)22-19(23)14-25-20-4-2-3-13-21-20/h2-13H,14H2,1H3,(H,22,23). The summed E-state index contributed by atoms with van der Waals surface area (Å²) in [5.41, 5.74) is 1.93. The number of ether oxygens (including phenoxy) is 1. The van der Waals surface area contributed by atoms with Gasteiger partial charge in [-0.1, -0.05) is 35.5 Å². The van der Waals surface area contributed by atoms with E-state index in [4.69, 9.17) is 4.74 Å². The summed E-state index contributed by atoms with van der Waals surface area (Å²) in [6, 6.07) is 20.8. The van der Waals surface area contributed by atoms with E-state index in [9.17, 15) is 4.79 Å². The van der Waals surface area contributed by atoms with Crippen LogP contribution >= 0.6 is 11.8 Å². The predicted molar refractivity (Wildman–Crippen MR) is 101 cm³/mol. The summed E-state index contributed by atoms with van der Waals surface area (Å²) in [5.74, 6) is 1.76. The minimum absolute atomic E-state index is 0.0668. The Morgan fingerprint density at radius 2 is 1.68 bits per heavy atom. The van der Waals surface area contributed by atoms with Gasteiger partial charge in [-0.15, -0.1) is 0 Å². The fourth-order valence-corrected chi connectivity index (χ4v) is 2.78. The summed E-state index contributed by atoms with van der Waals surface area (Å²) in [5, 5.41) is 3.70. The molecule has 0 fully saturated rings. The number of benzene rings is 2. The van der Waals surface area contributed by atoms with E-state index in [0.717, 1.165) is 22.2 Å². The van der Waals surface area contributed by atoms with Crippen LogP contribution in [0.25, 0.3) is 0 Å². The quantitative estimate of drug-likeness (QED) is 0.642. The van der Waals surface area contributed by atoms with Gasteiger partial charge in [-0.05, 0) is 55.5 Å². The molecule has 1 heterocycles. The van der Waals surface area contributed by atoms with Crippen molar-refractivity contribution in [3.8, 4) is 11.5 Å². The molecule has 25 heavy (non-hydrogen) atoms. The summed E-state index contributed by atoms with van der Waals surface area (Å²) < 4.78 is 5.77. The zero-order valence-electron chi connectivity index (χ0n) is 13.8. The van der Waals surface area contributed by atoms with Gasteiger partial charge < -0.3 is 10.1 Å². The molecular formula is C20H18N2O2S. The molecule has 0 saturated heterocycles. The lowest BCUT2D eigenvalue weighted by Gasteiger charge is -2.08. The largest absolute Gasteiger partial charge is 0.457 e. The molecule has 3 rings (SSSR count). The minimum atomic E-state index is -0.0668. The maximum Gasteiger partial charge on any atom is 0.234 e. The van der Waals surface area contributed by atoms with Gasteiger partial charge in [0.15, 0.2) is 0 Å². The Morgan fingerprint density at radius 1 is 1.00 bits per heavy atom. The number of thioether (sulfide) groups is 1. The van der Waals surface area contributed by atoms with Crippen molar-refractivity contribution in [2.45, 2.75) is 11.9 Å². The lowest BCUT2D eigenvalue weighted by atomic mass is 10.2. The molecule has 3 aromatic rings. The van der Waals surface area contributed by atoms with Gasteiger partial charge in [0.05, 0.1) is 10.8 Å². The molecular weight excluding hydrogens is 332 g/mol. The Kier molecular flexibility index (Phi) is 5.69. The fraction of sp³-hybridized carbons (Fsp3) is 0.100. The number of hydrogen-bond acceptors (Lipinski definition) is 4. The molecule has 1 amide bonds.